The topological polar surface area (TPSA) is 17.1 Å². The normalized spacial score (nSPS) is 15.9. The van der Waals surface area contributed by atoms with Crippen LogP contribution in [0.4, 0.5) is 0 Å². The Bertz CT molecular complexity index is 90.2. The maximum Gasteiger partial charge on any atom is 0.224 e. The van der Waals surface area contributed by atoms with Crippen LogP contribution >= 0.6 is 34.8 Å². The first-order valence-electron chi connectivity index (χ1n) is 2.53. The number of carbonyl (C=O) groups is 1. The summed E-state index contributed by atoms with van der Waals surface area (Å²) in [6.45, 7) is 0. The first-order valence-corrected chi connectivity index (χ1v) is 3.98. The van der Waals surface area contributed by atoms with Crippen molar-refractivity contribution in [2.75, 3.05) is 5.34 Å². The van der Waals surface area contributed by atoms with E-state index < -0.39 is 0 Å². The zero-order chi connectivity index (χ0) is 7.28. The number of rotatable bonds is 1. The van der Waals surface area contributed by atoms with Gasteiger partial charge in [-0.15, -0.1) is 23.2 Å². The summed E-state index contributed by atoms with van der Waals surface area (Å²) in [5.74, 6) is 0.228. The molecule has 0 radical (unpaired) electrons. The molecule has 0 saturated heterocycles. The Hall–Kier alpha value is 0.540. The van der Waals surface area contributed by atoms with Crippen LogP contribution in [0, 0.1) is 5.92 Å². The summed E-state index contributed by atoms with van der Waals surface area (Å²) in [7, 11) is 0. The second kappa shape index (κ2) is 5.33. The Labute approximate surface area is 69.3 Å². The summed E-state index contributed by atoms with van der Waals surface area (Å²) in [4.78, 5) is 9.97. The summed E-state index contributed by atoms with van der Waals surface area (Å²) >= 11 is 14.6. The van der Waals surface area contributed by atoms with Crippen LogP contribution in [0.5, 0.6) is 0 Å². The van der Waals surface area contributed by atoms with Gasteiger partial charge >= 0.3 is 0 Å². The Morgan fingerprint density at radius 1 is 1.44 bits per heavy atom. The van der Waals surface area contributed by atoms with Crippen molar-refractivity contribution in [2.45, 2.75) is 12.8 Å². The molecule has 9 heavy (non-hydrogen) atoms. The van der Waals surface area contributed by atoms with E-state index in [1.165, 1.54) is 0 Å². The summed E-state index contributed by atoms with van der Waals surface area (Å²) in [5, 5.41) is 0.0370. The fourth-order valence-electron chi connectivity index (χ4n) is 0.310. The van der Waals surface area contributed by atoms with Gasteiger partial charge in [-0.05, 0) is 24.4 Å². The van der Waals surface area contributed by atoms with Gasteiger partial charge in [-0.25, -0.2) is 0 Å². The molecule has 4 heteroatoms. The summed E-state index contributed by atoms with van der Waals surface area (Å²) in [6, 6.07) is 0. The molecule has 0 aromatic carbocycles. The predicted molar refractivity (Wildman–Crippen MR) is 40.2 cm³/mol. The van der Waals surface area contributed by atoms with E-state index in [1.807, 2.05) is 0 Å². The van der Waals surface area contributed by atoms with E-state index in [2.05, 4.69) is 0 Å². The molecule has 1 nitrogen and oxygen atoms in total. The van der Waals surface area contributed by atoms with Gasteiger partial charge in [0.1, 0.15) is 0 Å². The fourth-order valence-corrected chi connectivity index (χ4v) is 0.529. The van der Waals surface area contributed by atoms with Gasteiger partial charge in [0.25, 0.3) is 0 Å². The second-order valence-corrected chi connectivity index (χ2v) is 2.86. The van der Waals surface area contributed by atoms with Crippen LogP contribution in [0.2, 0.25) is 0 Å². The first kappa shape index (κ1) is 9.54. The Kier molecular flexibility index (Phi) is 5.65. The van der Waals surface area contributed by atoms with Crippen LogP contribution in [0.15, 0.2) is 0 Å². The van der Waals surface area contributed by atoms with E-state index in [0.717, 1.165) is 12.8 Å². The van der Waals surface area contributed by atoms with Crippen LogP contribution in [-0.4, -0.2) is 10.6 Å². The van der Waals surface area contributed by atoms with Crippen molar-refractivity contribution >= 4 is 40.0 Å². The quantitative estimate of drug-likeness (QED) is 0.458. The molecule has 0 amide bonds. The van der Waals surface area contributed by atoms with Crippen molar-refractivity contribution in [2.24, 2.45) is 5.92 Å². The lowest BCUT2D eigenvalue weighted by atomic mass is 10.5. The zero-order valence-electron chi connectivity index (χ0n) is 4.74. The molecule has 1 aliphatic carbocycles. The van der Waals surface area contributed by atoms with E-state index in [4.69, 9.17) is 34.8 Å². The Morgan fingerprint density at radius 3 is 1.78 bits per heavy atom. The van der Waals surface area contributed by atoms with Crippen LogP contribution < -0.4 is 0 Å². The lowest BCUT2D eigenvalue weighted by molar-refractivity contribution is -0.112. The minimum atomic E-state index is -0.157. The van der Waals surface area contributed by atoms with Gasteiger partial charge in [-0.1, -0.05) is 0 Å². The Balaban J connectivity index is 0.000000187. The maximum absolute atomic E-state index is 9.97. The van der Waals surface area contributed by atoms with Crippen LogP contribution in [0.1, 0.15) is 12.8 Å². The van der Waals surface area contributed by atoms with Crippen LogP contribution in [0.3, 0.4) is 0 Å². The van der Waals surface area contributed by atoms with Gasteiger partial charge < -0.3 is 0 Å². The van der Waals surface area contributed by atoms with E-state index in [1.54, 1.807) is 0 Å². The molecular weight excluding hydrogens is 182 g/mol. The van der Waals surface area contributed by atoms with Crippen molar-refractivity contribution in [1.82, 2.24) is 0 Å². The molecule has 0 N–H and O–H groups in total. The number of hydrogen-bond acceptors (Lipinski definition) is 1. The minimum Gasteiger partial charge on any atom is -0.281 e. The number of hydrogen-bond donors (Lipinski definition) is 0. The largest absolute Gasteiger partial charge is 0.281 e. The maximum atomic E-state index is 9.97. The van der Waals surface area contributed by atoms with Crippen molar-refractivity contribution in [3.05, 3.63) is 0 Å². The fraction of sp³-hybridized carbons (Fsp3) is 0.800. The average molecular weight is 189 g/mol. The van der Waals surface area contributed by atoms with Gasteiger partial charge in [0.2, 0.25) is 5.24 Å². The number of carbonyl (C=O) groups excluding carboxylic acids is 1. The molecule has 0 atom stereocenters. The lowest BCUT2D eigenvalue weighted by Gasteiger charge is -1.72. The van der Waals surface area contributed by atoms with Crippen LogP contribution in [-0.2, 0) is 4.79 Å². The van der Waals surface area contributed by atoms with E-state index in [-0.39, 0.29) is 16.5 Å². The smallest absolute Gasteiger partial charge is 0.224 e. The van der Waals surface area contributed by atoms with Crippen LogP contribution in [0.25, 0.3) is 0 Å². The molecular formula is C5H7Cl3O. The van der Waals surface area contributed by atoms with Crippen molar-refractivity contribution in [3.63, 3.8) is 0 Å². The molecule has 1 saturated carbocycles. The van der Waals surface area contributed by atoms with Gasteiger partial charge in [-0.2, -0.15) is 0 Å². The van der Waals surface area contributed by atoms with E-state index in [9.17, 15) is 4.79 Å². The average Bonchev–Trinajstić information content (AvgIpc) is 2.44. The highest BCUT2D eigenvalue weighted by molar-refractivity contribution is 6.64. The number of halogens is 3. The molecule has 0 aromatic heterocycles. The van der Waals surface area contributed by atoms with Crippen molar-refractivity contribution in [1.29, 1.82) is 0 Å². The molecule has 1 fully saturated rings. The van der Waals surface area contributed by atoms with Gasteiger partial charge in [0, 0.05) is 5.92 Å². The lowest BCUT2D eigenvalue weighted by Crippen LogP contribution is -1.83. The second-order valence-electron chi connectivity index (χ2n) is 1.68. The minimum absolute atomic E-state index is 0.157. The van der Waals surface area contributed by atoms with Gasteiger partial charge in [-0.3, -0.25) is 4.79 Å². The highest BCUT2D eigenvalue weighted by Crippen LogP contribution is 2.30. The SMILES string of the molecule is ClCCl.O=C(Cl)C1CC1. The summed E-state index contributed by atoms with van der Waals surface area (Å²) < 4.78 is 0. The highest BCUT2D eigenvalue weighted by Gasteiger charge is 2.27. The third kappa shape index (κ3) is 6.42. The predicted octanol–water partition coefficient (Wildman–Crippen LogP) is 2.58. The first-order chi connectivity index (χ1) is 4.22. The molecule has 0 heterocycles. The molecule has 0 bridgehead atoms. The molecule has 54 valence electrons. The van der Waals surface area contributed by atoms with E-state index >= 15 is 0 Å². The highest BCUT2D eigenvalue weighted by atomic mass is 35.5. The molecule has 0 spiro atoms. The summed E-state index contributed by atoms with van der Waals surface area (Å²) in [5.41, 5.74) is 0. The zero-order valence-corrected chi connectivity index (χ0v) is 7.01. The van der Waals surface area contributed by atoms with Crippen molar-refractivity contribution < 1.29 is 4.79 Å². The molecule has 0 aromatic rings. The molecule has 0 unspecified atom stereocenters. The summed E-state index contributed by atoms with van der Waals surface area (Å²) in [6.07, 6.45) is 2.03. The monoisotopic (exact) mass is 188 g/mol. The third-order valence-corrected chi connectivity index (χ3v) is 1.21. The van der Waals surface area contributed by atoms with E-state index in [0.29, 0.717) is 0 Å². The molecule has 0 aliphatic heterocycles. The third-order valence-electron chi connectivity index (χ3n) is 0.898. The molecule has 1 aliphatic rings. The molecule has 1 rings (SSSR count). The van der Waals surface area contributed by atoms with Gasteiger partial charge in [0.15, 0.2) is 0 Å². The standard InChI is InChI=1S/C4H5ClO.CH2Cl2/c5-4(6)3-1-2-3;2-1-3/h3H,1-2H2;1H2. The number of alkyl halides is 2. The van der Waals surface area contributed by atoms with Gasteiger partial charge in [0.05, 0.1) is 5.34 Å². The Morgan fingerprint density at radius 2 is 1.78 bits per heavy atom. The van der Waals surface area contributed by atoms with Crippen molar-refractivity contribution in [3.8, 4) is 0 Å².